The van der Waals surface area contributed by atoms with Crippen LogP contribution in [0.15, 0.2) is 83.8 Å². The second-order valence-corrected chi connectivity index (χ2v) is 16.1. The summed E-state index contributed by atoms with van der Waals surface area (Å²) >= 11 is 0. The van der Waals surface area contributed by atoms with Gasteiger partial charge >= 0.3 is 5.97 Å². The maximum absolute atomic E-state index is 13.5. The molecule has 4 atom stereocenters. The number of hydrogen-bond donors (Lipinski definition) is 1. The van der Waals surface area contributed by atoms with Crippen LogP contribution >= 0.6 is 0 Å². The van der Waals surface area contributed by atoms with Crippen molar-refractivity contribution in [2.75, 3.05) is 20.2 Å². The molecule has 3 aromatic rings. The van der Waals surface area contributed by atoms with Gasteiger partial charge in [0.15, 0.2) is 6.61 Å². The predicted octanol–water partition coefficient (Wildman–Crippen LogP) is 8.69. The van der Waals surface area contributed by atoms with Gasteiger partial charge in [0.2, 0.25) is 10.0 Å². The van der Waals surface area contributed by atoms with Crippen molar-refractivity contribution in [2.24, 2.45) is 11.8 Å². The maximum Gasteiger partial charge on any atom is 0.341 e. The Morgan fingerprint density at radius 3 is 2.31 bits per heavy atom. The van der Waals surface area contributed by atoms with Gasteiger partial charge in [-0.2, -0.15) is 0 Å². The third-order valence-electron chi connectivity index (χ3n) is 9.45. The Morgan fingerprint density at radius 1 is 1.06 bits per heavy atom. The van der Waals surface area contributed by atoms with Crippen molar-refractivity contribution in [3.8, 4) is 5.75 Å². The lowest BCUT2D eigenvalue weighted by molar-refractivity contribution is -0.139. The van der Waals surface area contributed by atoms with Gasteiger partial charge in [0.1, 0.15) is 5.75 Å². The van der Waals surface area contributed by atoms with Crippen LogP contribution in [0.1, 0.15) is 99.6 Å². The largest absolute Gasteiger partial charge is 0.482 e. The first kappa shape index (κ1) is 37.4. The number of ether oxygens (including phenoxy) is 2. The van der Waals surface area contributed by atoms with E-state index in [0.29, 0.717) is 18.2 Å². The van der Waals surface area contributed by atoms with Crippen molar-refractivity contribution in [3.05, 3.63) is 107 Å². The van der Waals surface area contributed by atoms with Crippen LogP contribution < -0.4 is 4.74 Å². The smallest absolute Gasteiger partial charge is 0.341 e. The Bertz CT molecular complexity index is 1650. The first-order valence-electron chi connectivity index (χ1n) is 17.1. The quantitative estimate of drug-likeness (QED) is 0.162. The van der Waals surface area contributed by atoms with Crippen molar-refractivity contribution in [3.63, 3.8) is 0 Å². The highest BCUT2D eigenvalue weighted by atomic mass is 32.2. The lowest BCUT2D eigenvalue weighted by atomic mass is 9.73. The summed E-state index contributed by atoms with van der Waals surface area (Å²) in [5.74, 6) is 0.0688. The summed E-state index contributed by atoms with van der Waals surface area (Å²) in [5.41, 5.74) is 6.15. The highest BCUT2D eigenvalue weighted by Crippen LogP contribution is 2.50. The normalized spacial score (nSPS) is 20.0. The van der Waals surface area contributed by atoms with Crippen LogP contribution in [0.3, 0.4) is 0 Å². The lowest BCUT2D eigenvalue weighted by Gasteiger charge is -2.44. The molecule has 0 bridgehead atoms. The van der Waals surface area contributed by atoms with Gasteiger partial charge in [-0.05, 0) is 91.8 Å². The highest BCUT2D eigenvalue weighted by Gasteiger charge is 2.42. The van der Waals surface area contributed by atoms with E-state index in [1.165, 1.54) is 9.87 Å². The first-order chi connectivity index (χ1) is 22.7. The number of sulfonamides is 1. The van der Waals surface area contributed by atoms with Crippen LogP contribution in [0.5, 0.6) is 5.75 Å². The fourth-order valence-electron chi connectivity index (χ4n) is 6.78. The molecule has 1 heterocycles. The summed E-state index contributed by atoms with van der Waals surface area (Å²) in [6.45, 7) is 17.0. The third-order valence-corrected chi connectivity index (χ3v) is 11.3. The molecule has 0 radical (unpaired) electrons. The third kappa shape index (κ3) is 9.16. The average Bonchev–Trinajstić information content (AvgIpc) is 3.03. The summed E-state index contributed by atoms with van der Waals surface area (Å²) in [6, 6.07) is 21.5. The van der Waals surface area contributed by atoms with Gasteiger partial charge in [-0.1, -0.05) is 88.4 Å². The van der Waals surface area contributed by atoms with Crippen molar-refractivity contribution in [1.29, 1.82) is 0 Å². The molecule has 4 rings (SSSR count). The molecule has 0 aliphatic carbocycles. The number of hydrogen-bond acceptors (Lipinski definition) is 5. The summed E-state index contributed by atoms with van der Waals surface area (Å²) in [7, 11) is -2.00. The SMILES string of the molecule is C=C(C)[C@@H]1C[C@@H](c2ccc(S(=O)(=O)N(C)CCCc3ccccc3)cc2)[C@@H](CC(C)C)O[C@H]1c1c(C)cc(C(C)C)cc1OCC(=O)O. The number of carboxylic acids is 1. The second-order valence-electron chi connectivity index (χ2n) is 14.1. The molecule has 0 amide bonds. The number of aliphatic carboxylic acids is 1. The van der Waals surface area contributed by atoms with E-state index in [2.05, 4.69) is 52.5 Å². The molecule has 48 heavy (non-hydrogen) atoms. The average molecular weight is 676 g/mol. The van der Waals surface area contributed by atoms with Crippen LogP contribution in [-0.2, 0) is 26.0 Å². The molecule has 1 saturated heterocycles. The number of carbonyl (C=O) groups is 1. The zero-order valence-electron chi connectivity index (χ0n) is 29.6. The minimum absolute atomic E-state index is 0.0179. The molecule has 0 aromatic heterocycles. The van der Waals surface area contributed by atoms with Crippen molar-refractivity contribution in [2.45, 2.75) is 96.2 Å². The van der Waals surface area contributed by atoms with E-state index in [9.17, 15) is 18.3 Å². The number of benzene rings is 3. The molecule has 8 heteroatoms. The number of rotatable bonds is 15. The van der Waals surface area contributed by atoms with Gasteiger partial charge in [0.05, 0.1) is 17.1 Å². The van der Waals surface area contributed by atoms with Gasteiger partial charge in [-0.15, -0.1) is 0 Å². The van der Waals surface area contributed by atoms with E-state index >= 15 is 0 Å². The Kier molecular flexibility index (Phi) is 12.7. The van der Waals surface area contributed by atoms with E-state index < -0.39 is 22.6 Å². The zero-order chi connectivity index (χ0) is 35.2. The molecule has 0 spiro atoms. The van der Waals surface area contributed by atoms with Gasteiger partial charge in [-0.3, -0.25) is 0 Å². The zero-order valence-corrected chi connectivity index (χ0v) is 30.4. The summed E-state index contributed by atoms with van der Waals surface area (Å²) < 4.78 is 41.4. The van der Waals surface area contributed by atoms with Gasteiger partial charge < -0.3 is 14.6 Å². The van der Waals surface area contributed by atoms with E-state index in [-0.39, 0.29) is 34.9 Å². The van der Waals surface area contributed by atoms with Crippen LogP contribution in [0, 0.1) is 18.8 Å². The van der Waals surface area contributed by atoms with E-state index in [0.717, 1.165) is 53.5 Å². The van der Waals surface area contributed by atoms with Crippen LogP contribution in [0.2, 0.25) is 0 Å². The molecular formula is C40H53NO6S. The molecule has 1 N–H and O–H groups in total. The fourth-order valence-corrected chi connectivity index (χ4v) is 7.99. The molecule has 1 aliphatic rings. The molecular weight excluding hydrogens is 623 g/mol. The Morgan fingerprint density at radius 2 is 1.73 bits per heavy atom. The highest BCUT2D eigenvalue weighted by molar-refractivity contribution is 7.89. The monoisotopic (exact) mass is 675 g/mol. The van der Waals surface area contributed by atoms with Crippen molar-refractivity contribution >= 4 is 16.0 Å². The Hall–Kier alpha value is -3.46. The lowest BCUT2D eigenvalue weighted by Crippen LogP contribution is -2.37. The standard InChI is InChI=1S/C40H53NO6S/c1-26(2)21-36-35(31-16-18-33(19-17-31)48(44,45)41(8)20-12-15-30-13-10-9-11-14-30)24-34(28(5)6)40(47-36)39-29(7)22-32(27(3)4)23-37(39)46-25-38(42)43/h9-11,13-14,16-19,22-23,26-27,34-36,40H,5,12,15,20-21,24-25H2,1-4,6-8H3,(H,42,43)/t34-,35-,36+,40+/m0/s1. The van der Waals surface area contributed by atoms with Crippen molar-refractivity contribution in [1.82, 2.24) is 4.31 Å². The molecule has 0 saturated carbocycles. The predicted molar refractivity (Wildman–Crippen MR) is 192 cm³/mol. The van der Waals surface area contributed by atoms with Crippen LogP contribution in [0.4, 0.5) is 0 Å². The van der Waals surface area contributed by atoms with Crippen LogP contribution in [-0.4, -0.2) is 50.1 Å². The number of aryl methyl sites for hydroxylation is 2. The van der Waals surface area contributed by atoms with E-state index in [1.54, 1.807) is 19.2 Å². The summed E-state index contributed by atoms with van der Waals surface area (Å²) in [6.07, 6.45) is 2.61. The molecule has 7 nitrogen and oxygen atoms in total. The molecule has 3 aromatic carbocycles. The van der Waals surface area contributed by atoms with Gasteiger partial charge in [0.25, 0.3) is 0 Å². The molecule has 260 valence electrons. The topological polar surface area (TPSA) is 93.1 Å². The number of carboxylic acid groups (broad SMARTS) is 1. The number of nitrogens with zero attached hydrogens (tertiary/aromatic N) is 1. The summed E-state index contributed by atoms with van der Waals surface area (Å²) in [5, 5.41) is 9.44. The minimum Gasteiger partial charge on any atom is -0.482 e. The van der Waals surface area contributed by atoms with Gasteiger partial charge in [0, 0.05) is 31.0 Å². The fraction of sp³-hybridized carbons (Fsp3) is 0.475. The first-order valence-corrected chi connectivity index (χ1v) is 18.5. The van der Waals surface area contributed by atoms with Gasteiger partial charge in [-0.25, -0.2) is 17.5 Å². The second kappa shape index (κ2) is 16.3. The Labute approximate surface area is 288 Å². The minimum atomic E-state index is -3.64. The Balaban J connectivity index is 1.61. The van der Waals surface area contributed by atoms with Crippen molar-refractivity contribution < 1.29 is 27.8 Å². The maximum atomic E-state index is 13.5. The van der Waals surface area contributed by atoms with E-state index in [1.807, 2.05) is 50.2 Å². The molecule has 0 unspecified atom stereocenters. The summed E-state index contributed by atoms with van der Waals surface area (Å²) in [4.78, 5) is 11.8. The van der Waals surface area contributed by atoms with Crippen LogP contribution in [0.25, 0.3) is 0 Å². The molecule has 1 fully saturated rings. The van der Waals surface area contributed by atoms with E-state index in [4.69, 9.17) is 9.47 Å². The molecule has 1 aliphatic heterocycles.